The van der Waals surface area contributed by atoms with Crippen LogP contribution in [0.25, 0.3) is 0 Å². The maximum atomic E-state index is 12.9. The number of alkyl halides is 3. The Hall–Kier alpha value is -2.99. The fourth-order valence-electron chi connectivity index (χ4n) is 3.04. The summed E-state index contributed by atoms with van der Waals surface area (Å²) in [5.74, 6) is 0. The summed E-state index contributed by atoms with van der Waals surface area (Å²) in [5, 5.41) is 9.35. The molecular weight excluding hydrogens is 403 g/mol. The highest BCUT2D eigenvalue weighted by Gasteiger charge is 2.31. The first kappa shape index (κ1) is 20.7. The molecule has 0 spiro atoms. The third-order valence-electron chi connectivity index (χ3n) is 4.61. The number of halogens is 3. The molecule has 0 aromatic heterocycles. The largest absolute Gasteiger partial charge is 0.416 e. The van der Waals surface area contributed by atoms with Crippen molar-refractivity contribution in [1.29, 1.82) is 5.26 Å². The Morgan fingerprint density at radius 3 is 2.24 bits per heavy atom. The first-order valence-corrected chi connectivity index (χ1v) is 10.3. The number of hydrogen-bond donors (Lipinski definition) is 0. The molecule has 1 heterocycles. The van der Waals surface area contributed by atoms with Gasteiger partial charge in [-0.1, -0.05) is 24.3 Å². The second-order valence-electron chi connectivity index (χ2n) is 6.49. The average Bonchev–Trinajstić information content (AvgIpc) is 2.72. The zero-order valence-electron chi connectivity index (χ0n) is 15.3. The molecule has 0 bridgehead atoms. The molecule has 0 unspecified atom stereocenters. The lowest BCUT2D eigenvalue weighted by Gasteiger charge is -2.35. The number of nitrogens with zero attached hydrogens (tertiary/aromatic N) is 3. The SMILES string of the molecule is N#CC(=CN1CCN(c2cccc(C(F)(F)F)c2)CC1)S(=O)(=O)c1ccccc1. The molecule has 1 aliphatic heterocycles. The first-order chi connectivity index (χ1) is 13.7. The number of sulfone groups is 1. The van der Waals surface area contributed by atoms with Gasteiger partial charge in [0.05, 0.1) is 10.5 Å². The van der Waals surface area contributed by atoms with Gasteiger partial charge in [0, 0.05) is 38.1 Å². The van der Waals surface area contributed by atoms with Crippen LogP contribution in [-0.2, 0) is 16.0 Å². The smallest absolute Gasteiger partial charge is 0.372 e. The third kappa shape index (κ3) is 4.71. The molecule has 152 valence electrons. The summed E-state index contributed by atoms with van der Waals surface area (Å²) in [7, 11) is -3.92. The topological polar surface area (TPSA) is 64.4 Å². The molecule has 0 radical (unpaired) electrons. The Balaban J connectivity index is 1.73. The normalized spacial score (nSPS) is 15.9. The van der Waals surface area contributed by atoms with Gasteiger partial charge >= 0.3 is 6.18 Å². The van der Waals surface area contributed by atoms with Crippen LogP contribution < -0.4 is 4.90 Å². The van der Waals surface area contributed by atoms with Crippen LogP contribution in [0.15, 0.2) is 70.6 Å². The number of anilines is 1. The van der Waals surface area contributed by atoms with Gasteiger partial charge in [-0.05, 0) is 30.3 Å². The summed E-state index contributed by atoms with van der Waals surface area (Å²) >= 11 is 0. The van der Waals surface area contributed by atoms with Gasteiger partial charge in [-0.3, -0.25) is 0 Å². The van der Waals surface area contributed by atoms with Gasteiger partial charge in [0.25, 0.3) is 0 Å². The van der Waals surface area contributed by atoms with E-state index in [0.29, 0.717) is 31.9 Å². The van der Waals surface area contributed by atoms with E-state index in [1.807, 2.05) is 0 Å². The van der Waals surface area contributed by atoms with Crippen LogP contribution in [-0.4, -0.2) is 39.5 Å². The molecule has 3 rings (SSSR count). The molecule has 2 aromatic rings. The minimum Gasteiger partial charge on any atom is -0.372 e. The van der Waals surface area contributed by atoms with E-state index in [1.54, 1.807) is 40.1 Å². The molecule has 0 atom stereocenters. The fourth-order valence-corrected chi connectivity index (χ4v) is 4.22. The van der Waals surface area contributed by atoms with Crippen molar-refractivity contribution in [1.82, 2.24) is 4.90 Å². The Morgan fingerprint density at radius 1 is 1.00 bits per heavy atom. The number of piperazine rings is 1. The molecule has 1 saturated heterocycles. The molecule has 1 aliphatic rings. The highest BCUT2D eigenvalue weighted by atomic mass is 32.2. The van der Waals surface area contributed by atoms with E-state index in [4.69, 9.17) is 0 Å². The van der Waals surface area contributed by atoms with Gasteiger partial charge in [0.2, 0.25) is 9.84 Å². The number of nitriles is 1. The van der Waals surface area contributed by atoms with E-state index in [1.165, 1.54) is 24.4 Å². The van der Waals surface area contributed by atoms with E-state index in [0.717, 1.165) is 12.1 Å². The van der Waals surface area contributed by atoms with Crippen molar-refractivity contribution in [3.63, 3.8) is 0 Å². The zero-order valence-corrected chi connectivity index (χ0v) is 16.1. The van der Waals surface area contributed by atoms with Gasteiger partial charge < -0.3 is 9.80 Å². The fraction of sp³-hybridized carbons (Fsp3) is 0.250. The minimum atomic E-state index is -4.41. The molecule has 0 N–H and O–H groups in total. The van der Waals surface area contributed by atoms with E-state index in [-0.39, 0.29) is 9.80 Å². The molecule has 2 aromatic carbocycles. The van der Waals surface area contributed by atoms with Gasteiger partial charge in [0.15, 0.2) is 4.91 Å². The second-order valence-corrected chi connectivity index (χ2v) is 8.41. The van der Waals surface area contributed by atoms with Crippen LogP contribution in [0.1, 0.15) is 5.56 Å². The third-order valence-corrected chi connectivity index (χ3v) is 6.27. The van der Waals surface area contributed by atoms with Crippen LogP contribution in [0, 0.1) is 11.3 Å². The molecular formula is C20H18F3N3O2S. The molecule has 1 fully saturated rings. The van der Waals surface area contributed by atoms with Crippen LogP contribution in [0.3, 0.4) is 0 Å². The first-order valence-electron chi connectivity index (χ1n) is 8.80. The Morgan fingerprint density at radius 2 is 1.66 bits per heavy atom. The van der Waals surface area contributed by atoms with E-state index in [2.05, 4.69) is 0 Å². The summed E-state index contributed by atoms with van der Waals surface area (Å²) in [6.07, 6.45) is -3.10. The summed E-state index contributed by atoms with van der Waals surface area (Å²) in [4.78, 5) is 3.17. The minimum absolute atomic E-state index is 0.0374. The van der Waals surface area contributed by atoms with Gasteiger partial charge in [0.1, 0.15) is 6.07 Å². The van der Waals surface area contributed by atoms with Crippen LogP contribution in [0.5, 0.6) is 0 Å². The van der Waals surface area contributed by atoms with Crippen molar-refractivity contribution in [2.24, 2.45) is 0 Å². The lowest BCUT2D eigenvalue weighted by atomic mass is 10.1. The van der Waals surface area contributed by atoms with E-state index >= 15 is 0 Å². The van der Waals surface area contributed by atoms with Crippen molar-refractivity contribution in [3.05, 3.63) is 71.3 Å². The van der Waals surface area contributed by atoms with Crippen LogP contribution >= 0.6 is 0 Å². The average molecular weight is 421 g/mol. The molecule has 0 amide bonds. The number of allylic oxidation sites excluding steroid dienone is 1. The highest BCUT2D eigenvalue weighted by molar-refractivity contribution is 7.95. The van der Waals surface area contributed by atoms with E-state index in [9.17, 15) is 26.9 Å². The highest BCUT2D eigenvalue weighted by Crippen LogP contribution is 2.32. The molecule has 0 aliphatic carbocycles. The summed E-state index contributed by atoms with van der Waals surface area (Å²) in [6, 6.07) is 14.5. The van der Waals surface area contributed by atoms with Crippen molar-refractivity contribution in [2.45, 2.75) is 11.1 Å². The maximum Gasteiger partial charge on any atom is 0.416 e. The van der Waals surface area contributed by atoms with E-state index < -0.39 is 21.6 Å². The summed E-state index contributed by atoms with van der Waals surface area (Å²) < 4.78 is 64.0. The van der Waals surface area contributed by atoms with Gasteiger partial charge in [-0.2, -0.15) is 18.4 Å². The predicted molar refractivity (Wildman–Crippen MR) is 103 cm³/mol. The summed E-state index contributed by atoms with van der Waals surface area (Å²) in [6.45, 7) is 1.57. The predicted octanol–water partition coefficient (Wildman–Crippen LogP) is 3.67. The summed E-state index contributed by atoms with van der Waals surface area (Å²) in [5.41, 5.74) is -0.251. The van der Waals surface area contributed by atoms with Gasteiger partial charge in [-0.25, -0.2) is 8.42 Å². The van der Waals surface area contributed by atoms with Gasteiger partial charge in [-0.15, -0.1) is 0 Å². The van der Waals surface area contributed by atoms with Crippen molar-refractivity contribution in [2.75, 3.05) is 31.1 Å². The molecule has 5 nitrogen and oxygen atoms in total. The van der Waals surface area contributed by atoms with Crippen molar-refractivity contribution in [3.8, 4) is 6.07 Å². The van der Waals surface area contributed by atoms with Crippen LogP contribution in [0.4, 0.5) is 18.9 Å². The molecule has 29 heavy (non-hydrogen) atoms. The monoisotopic (exact) mass is 421 g/mol. The molecule has 0 saturated carbocycles. The van der Waals surface area contributed by atoms with Crippen molar-refractivity contribution >= 4 is 15.5 Å². The van der Waals surface area contributed by atoms with Crippen LogP contribution in [0.2, 0.25) is 0 Å². The number of rotatable bonds is 4. The quantitative estimate of drug-likeness (QED) is 0.705. The lowest BCUT2D eigenvalue weighted by Crippen LogP contribution is -2.44. The number of benzene rings is 2. The number of hydrogen-bond acceptors (Lipinski definition) is 5. The standard InChI is InChI=1S/C20H18F3N3O2S/c21-20(22,23)16-5-4-6-17(13-16)26-11-9-25(10-12-26)15-19(14-24)29(27,28)18-7-2-1-3-8-18/h1-8,13,15H,9-12H2. The zero-order chi connectivity index (χ0) is 21.1. The second kappa shape index (κ2) is 8.17. The van der Waals surface area contributed by atoms with Crippen molar-refractivity contribution < 1.29 is 21.6 Å². The Bertz CT molecular complexity index is 1040. The Kier molecular flexibility index (Phi) is 5.84. The lowest BCUT2D eigenvalue weighted by molar-refractivity contribution is -0.137. The Labute approximate surface area is 167 Å². The molecule has 9 heteroatoms. The maximum absolute atomic E-state index is 12.9.